The molecule has 1 aliphatic carbocycles. The van der Waals surface area contributed by atoms with Crippen molar-refractivity contribution in [2.45, 2.75) is 38.1 Å². The highest BCUT2D eigenvalue weighted by atomic mass is 35.5. The minimum Gasteiger partial charge on any atom is -0.325 e. The molecule has 0 saturated heterocycles. The molecule has 2 aromatic rings. The second-order valence-electron chi connectivity index (χ2n) is 5.07. The first-order valence-electron chi connectivity index (χ1n) is 6.00. The van der Waals surface area contributed by atoms with Crippen molar-refractivity contribution in [1.82, 2.24) is 9.38 Å². The number of fused-ring (bicyclic) bond motifs is 1. The molecule has 0 atom stereocenters. The lowest BCUT2D eigenvalue weighted by Crippen LogP contribution is -2.22. The number of nitrogens with zero attached hydrogens (tertiary/aromatic N) is 2. The van der Waals surface area contributed by atoms with E-state index < -0.39 is 0 Å². The summed E-state index contributed by atoms with van der Waals surface area (Å²) < 4.78 is 2.03. The van der Waals surface area contributed by atoms with Crippen LogP contribution in [-0.4, -0.2) is 14.9 Å². The zero-order chi connectivity index (χ0) is 12.0. The van der Waals surface area contributed by atoms with Gasteiger partial charge in [0, 0.05) is 11.2 Å². The lowest BCUT2D eigenvalue weighted by atomic mass is 10.1. The van der Waals surface area contributed by atoms with Gasteiger partial charge in [-0.1, -0.05) is 6.07 Å². The average Bonchev–Trinajstić information content (AvgIpc) is 2.97. The van der Waals surface area contributed by atoms with Gasteiger partial charge in [-0.3, -0.25) is 4.40 Å². The van der Waals surface area contributed by atoms with Crippen LogP contribution in [0.5, 0.6) is 0 Å². The van der Waals surface area contributed by atoms with Crippen molar-refractivity contribution in [3.05, 3.63) is 34.9 Å². The third kappa shape index (κ3) is 1.94. The van der Waals surface area contributed by atoms with Gasteiger partial charge >= 0.3 is 0 Å². The van der Waals surface area contributed by atoms with Crippen molar-refractivity contribution in [3.8, 4) is 0 Å². The smallest absolute Gasteiger partial charge is 0.207 e. The molecule has 0 bridgehead atoms. The Morgan fingerprint density at radius 3 is 2.94 bits per heavy atom. The molecule has 1 fully saturated rings. The predicted molar refractivity (Wildman–Crippen MR) is 69.4 cm³/mol. The summed E-state index contributed by atoms with van der Waals surface area (Å²) in [7, 11) is 0. The molecule has 3 nitrogen and oxygen atoms in total. The fourth-order valence-electron chi connectivity index (χ4n) is 2.28. The Morgan fingerprint density at radius 1 is 1.47 bits per heavy atom. The van der Waals surface area contributed by atoms with E-state index in [4.69, 9.17) is 17.3 Å². The number of imidazole rings is 1. The maximum absolute atomic E-state index is 6.17. The van der Waals surface area contributed by atoms with Gasteiger partial charge in [-0.25, -0.2) is 4.98 Å². The van der Waals surface area contributed by atoms with Crippen molar-refractivity contribution >= 4 is 17.1 Å². The molecule has 90 valence electrons. The Kier molecular flexibility index (Phi) is 2.42. The van der Waals surface area contributed by atoms with Gasteiger partial charge < -0.3 is 5.73 Å². The number of aromatic nitrogens is 2. The van der Waals surface area contributed by atoms with Gasteiger partial charge in [0.1, 0.15) is 0 Å². The summed E-state index contributed by atoms with van der Waals surface area (Å²) in [5.41, 5.74) is 9.48. The van der Waals surface area contributed by atoms with Gasteiger partial charge in [0.05, 0.1) is 11.2 Å². The summed E-state index contributed by atoms with van der Waals surface area (Å²) in [6, 6.07) is 6.21. The summed E-state index contributed by atoms with van der Waals surface area (Å²) in [4.78, 5) is 4.31. The van der Waals surface area contributed by atoms with Crippen LogP contribution in [0.3, 0.4) is 0 Å². The third-order valence-electron chi connectivity index (χ3n) is 3.66. The quantitative estimate of drug-likeness (QED) is 0.909. The SMILES string of the molecule is Cc1nc(Cl)n2c(CCC3(N)CC3)cccc12. The Hall–Kier alpha value is -1.06. The zero-order valence-electron chi connectivity index (χ0n) is 9.91. The topological polar surface area (TPSA) is 43.3 Å². The molecule has 0 spiro atoms. The van der Waals surface area contributed by atoms with Gasteiger partial charge in [0.2, 0.25) is 5.28 Å². The number of aryl methyl sites for hydroxylation is 2. The Morgan fingerprint density at radius 2 is 2.24 bits per heavy atom. The first-order chi connectivity index (χ1) is 8.09. The van der Waals surface area contributed by atoms with Crippen molar-refractivity contribution in [3.63, 3.8) is 0 Å². The molecule has 2 heterocycles. The monoisotopic (exact) mass is 249 g/mol. The van der Waals surface area contributed by atoms with Crippen molar-refractivity contribution in [2.24, 2.45) is 5.73 Å². The van der Waals surface area contributed by atoms with Gasteiger partial charge in [0.25, 0.3) is 0 Å². The molecule has 0 amide bonds. The highest BCUT2D eigenvalue weighted by Crippen LogP contribution is 2.36. The standard InChI is InChI=1S/C13H16ClN3/c1-9-11-4-2-3-10(17(11)12(14)16-9)5-6-13(15)7-8-13/h2-4H,5-8,15H2,1H3. The molecule has 1 saturated carbocycles. The van der Waals surface area contributed by atoms with Crippen LogP contribution in [0.15, 0.2) is 18.2 Å². The second-order valence-corrected chi connectivity index (χ2v) is 5.40. The van der Waals surface area contributed by atoms with Crippen LogP contribution in [0.2, 0.25) is 5.28 Å². The van der Waals surface area contributed by atoms with E-state index in [2.05, 4.69) is 17.1 Å². The molecule has 1 aliphatic rings. The number of rotatable bonds is 3. The van der Waals surface area contributed by atoms with Gasteiger partial charge in [-0.15, -0.1) is 0 Å². The number of pyridine rings is 1. The van der Waals surface area contributed by atoms with Crippen LogP contribution in [0.1, 0.15) is 30.7 Å². The second kappa shape index (κ2) is 3.72. The maximum Gasteiger partial charge on any atom is 0.207 e. The Bertz CT molecular complexity index is 569. The van der Waals surface area contributed by atoms with Crippen LogP contribution in [0.25, 0.3) is 5.52 Å². The molecule has 17 heavy (non-hydrogen) atoms. The summed E-state index contributed by atoms with van der Waals surface area (Å²) in [6.07, 6.45) is 4.29. The van der Waals surface area contributed by atoms with E-state index in [1.165, 1.54) is 5.69 Å². The summed E-state index contributed by atoms with van der Waals surface area (Å²) in [5.74, 6) is 0. The van der Waals surface area contributed by atoms with E-state index in [0.29, 0.717) is 5.28 Å². The fourth-order valence-corrected chi connectivity index (χ4v) is 2.61. The summed E-state index contributed by atoms with van der Waals surface area (Å²) in [5, 5.41) is 0.551. The van der Waals surface area contributed by atoms with Crippen LogP contribution in [0, 0.1) is 6.92 Å². The third-order valence-corrected chi connectivity index (χ3v) is 3.91. The molecule has 0 aromatic carbocycles. The van der Waals surface area contributed by atoms with Crippen LogP contribution in [0.4, 0.5) is 0 Å². The minimum atomic E-state index is 0.0876. The average molecular weight is 250 g/mol. The van der Waals surface area contributed by atoms with Crippen molar-refractivity contribution in [1.29, 1.82) is 0 Å². The number of nitrogens with two attached hydrogens (primary N) is 1. The number of hydrogen-bond acceptors (Lipinski definition) is 2. The molecule has 2 N–H and O–H groups in total. The molecule has 0 radical (unpaired) electrons. The lowest BCUT2D eigenvalue weighted by molar-refractivity contribution is 0.601. The summed E-state index contributed by atoms with van der Waals surface area (Å²) >= 11 is 6.17. The van der Waals surface area contributed by atoms with E-state index in [-0.39, 0.29) is 5.54 Å². The lowest BCUT2D eigenvalue weighted by Gasteiger charge is -2.10. The molecular formula is C13H16ClN3. The predicted octanol–water partition coefficient (Wildman–Crippen LogP) is 2.72. The van der Waals surface area contributed by atoms with E-state index in [1.807, 2.05) is 17.4 Å². The minimum absolute atomic E-state index is 0.0876. The van der Waals surface area contributed by atoms with E-state index in [0.717, 1.165) is 36.9 Å². The molecule has 0 aliphatic heterocycles. The summed E-state index contributed by atoms with van der Waals surface area (Å²) in [6.45, 7) is 1.98. The first kappa shape index (κ1) is 11.1. The molecule has 4 heteroatoms. The van der Waals surface area contributed by atoms with Crippen LogP contribution in [-0.2, 0) is 6.42 Å². The molecule has 3 rings (SSSR count). The Labute approximate surface area is 106 Å². The number of hydrogen-bond donors (Lipinski definition) is 1. The van der Waals surface area contributed by atoms with E-state index in [1.54, 1.807) is 0 Å². The first-order valence-corrected chi connectivity index (χ1v) is 6.38. The Balaban J connectivity index is 1.97. The van der Waals surface area contributed by atoms with Gasteiger partial charge in [-0.05, 0) is 56.3 Å². The van der Waals surface area contributed by atoms with E-state index in [9.17, 15) is 0 Å². The largest absolute Gasteiger partial charge is 0.325 e. The van der Waals surface area contributed by atoms with E-state index >= 15 is 0 Å². The van der Waals surface area contributed by atoms with Gasteiger partial charge in [-0.2, -0.15) is 0 Å². The fraction of sp³-hybridized carbons (Fsp3) is 0.462. The maximum atomic E-state index is 6.17. The molecular weight excluding hydrogens is 234 g/mol. The number of halogens is 1. The zero-order valence-corrected chi connectivity index (χ0v) is 10.7. The highest BCUT2D eigenvalue weighted by molar-refractivity contribution is 6.28. The van der Waals surface area contributed by atoms with Gasteiger partial charge in [0.15, 0.2) is 0 Å². The molecule has 0 unspecified atom stereocenters. The van der Waals surface area contributed by atoms with Crippen LogP contribution >= 0.6 is 11.6 Å². The van der Waals surface area contributed by atoms with Crippen LogP contribution < -0.4 is 5.73 Å². The van der Waals surface area contributed by atoms with Crippen molar-refractivity contribution < 1.29 is 0 Å². The molecule has 2 aromatic heterocycles. The van der Waals surface area contributed by atoms with Crippen molar-refractivity contribution in [2.75, 3.05) is 0 Å². The highest BCUT2D eigenvalue weighted by Gasteiger charge is 2.37. The normalized spacial score (nSPS) is 17.6.